The van der Waals surface area contributed by atoms with E-state index >= 15 is 0 Å². The summed E-state index contributed by atoms with van der Waals surface area (Å²) in [5.74, 6) is -0.179. The van der Waals surface area contributed by atoms with Crippen LogP contribution in [0, 0.1) is 0 Å². The van der Waals surface area contributed by atoms with Crippen LogP contribution in [0.1, 0.15) is 13.8 Å². The van der Waals surface area contributed by atoms with Gasteiger partial charge in [0.15, 0.2) is 6.10 Å². The van der Waals surface area contributed by atoms with Crippen molar-refractivity contribution in [3.63, 3.8) is 0 Å². The van der Waals surface area contributed by atoms with E-state index in [1.807, 2.05) is 6.07 Å². The Morgan fingerprint density at radius 1 is 1.35 bits per heavy atom. The van der Waals surface area contributed by atoms with Crippen LogP contribution in [0.2, 0.25) is 0 Å². The predicted molar refractivity (Wildman–Crippen MR) is 75.8 cm³/mol. The lowest BCUT2D eigenvalue weighted by atomic mass is 10.3. The monoisotopic (exact) mass is 301 g/mol. The highest BCUT2D eigenvalue weighted by atomic mass is 31.2. The van der Waals surface area contributed by atoms with E-state index in [-0.39, 0.29) is 19.3 Å². The smallest absolute Gasteiger partial charge is 0.381 e. The molecule has 0 aliphatic rings. The Balaban J connectivity index is 2.76. The molecule has 0 aromatic heterocycles. The van der Waals surface area contributed by atoms with Crippen LogP contribution in [0.15, 0.2) is 30.3 Å². The van der Waals surface area contributed by atoms with Crippen LogP contribution in [-0.2, 0) is 18.6 Å². The molecule has 7 heteroatoms. The molecule has 1 rings (SSSR count). The van der Waals surface area contributed by atoms with E-state index in [9.17, 15) is 9.36 Å². The molecule has 20 heavy (non-hydrogen) atoms. The maximum atomic E-state index is 12.6. The fourth-order valence-corrected chi connectivity index (χ4v) is 3.03. The lowest BCUT2D eigenvalue weighted by molar-refractivity contribution is -0.150. The number of hydrogen-bond acceptors (Lipinski definition) is 6. The van der Waals surface area contributed by atoms with Crippen molar-refractivity contribution in [3.8, 4) is 5.75 Å². The van der Waals surface area contributed by atoms with Crippen molar-refractivity contribution < 1.29 is 23.1 Å². The molecule has 112 valence electrons. The standard InChI is InChI=1S/C13H20NO5P/c1-3-17-13(15)11(2)18-20(16,10-9-14)19-12-7-5-4-6-8-12/h4-8,11H,3,9-10,14H2,1-2H3/t11-,20?/m0/s1. The van der Waals surface area contributed by atoms with E-state index in [0.29, 0.717) is 5.75 Å². The average molecular weight is 301 g/mol. The quantitative estimate of drug-likeness (QED) is 0.585. The van der Waals surface area contributed by atoms with Gasteiger partial charge in [-0.3, -0.25) is 4.52 Å². The summed E-state index contributed by atoms with van der Waals surface area (Å²) in [4.78, 5) is 11.5. The molecule has 1 unspecified atom stereocenters. The first-order chi connectivity index (χ1) is 9.50. The lowest BCUT2D eigenvalue weighted by Gasteiger charge is -2.21. The first-order valence-corrected chi connectivity index (χ1v) is 8.12. The highest BCUT2D eigenvalue weighted by Crippen LogP contribution is 2.48. The van der Waals surface area contributed by atoms with Gasteiger partial charge in [0, 0.05) is 6.54 Å². The Kier molecular flexibility index (Phi) is 6.71. The second-order valence-corrected chi connectivity index (χ2v) is 6.09. The minimum atomic E-state index is -3.50. The minimum absolute atomic E-state index is 0.0195. The zero-order chi connectivity index (χ0) is 15.0. The zero-order valence-electron chi connectivity index (χ0n) is 11.7. The van der Waals surface area contributed by atoms with Crippen LogP contribution >= 0.6 is 7.60 Å². The molecule has 0 radical (unpaired) electrons. The number of carbonyl (C=O) groups excluding carboxylic acids is 1. The van der Waals surface area contributed by atoms with Crippen LogP contribution in [0.5, 0.6) is 5.75 Å². The van der Waals surface area contributed by atoms with Crippen molar-refractivity contribution in [1.82, 2.24) is 0 Å². The summed E-state index contributed by atoms with van der Waals surface area (Å²) in [5.41, 5.74) is 5.43. The van der Waals surface area contributed by atoms with Gasteiger partial charge < -0.3 is 15.0 Å². The van der Waals surface area contributed by atoms with E-state index in [1.165, 1.54) is 6.92 Å². The molecule has 0 saturated carbocycles. The number of para-hydroxylation sites is 1. The summed E-state index contributed by atoms with van der Waals surface area (Å²) in [6, 6.07) is 8.61. The van der Waals surface area contributed by atoms with Crippen molar-refractivity contribution in [1.29, 1.82) is 0 Å². The molecule has 2 N–H and O–H groups in total. The molecule has 0 fully saturated rings. The zero-order valence-corrected chi connectivity index (χ0v) is 12.5. The highest BCUT2D eigenvalue weighted by molar-refractivity contribution is 7.54. The van der Waals surface area contributed by atoms with Crippen molar-refractivity contribution in [2.75, 3.05) is 19.3 Å². The Hall–Kier alpha value is -1.36. The van der Waals surface area contributed by atoms with Gasteiger partial charge in [-0.15, -0.1) is 0 Å². The molecule has 0 aliphatic carbocycles. The number of ether oxygens (including phenoxy) is 1. The first-order valence-electron chi connectivity index (χ1n) is 6.39. The van der Waals surface area contributed by atoms with Gasteiger partial charge in [-0.1, -0.05) is 18.2 Å². The molecular formula is C13H20NO5P. The molecular weight excluding hydrogens is 281 g/mol. The number of benzene rings is 1. The summed E-state index contributed by atoms with van der Waals surface area (Å²) in [6.07, 6.45) is -0.956. The molecule has 0 aliphatic heterocycles. The van der Waals surface area contributed by atoms with E-state index in [2.05, 4.69) is 0 Å². The molecule has 0 spiro atoms. The normalized spacial score (nSPS) is 15.2. The number of hydrogen-bond donors (Lipinski definition) is 1. The van der Waals surface area contributed by atoms with Crippen LogP contribution in [0.3, 0.4) is 0 Å². The fourth-order valence-electron chi connectivity index (χ4n) is 1.46. The van der Waals surface area contributed by atoms with Crippen LogP contribution < -0.4 is 10.3 Å². The maximum absolute atomic E-state index is 12.6. The SMILES string of the molecule is CCOC(=O)[C@H](C)OP(=O)(CCN)Oc1ccccc1. The summed E-state index contributed by atoms with van der Waals surface area (Å²) in [6.45, 7) is 3.51. The van der Waals surface area contributed by atoms with Crippen molar-refractivity contribution in [2.45, 2.75) is 20.0 Å². The van der Waals surface area contributed by atoms with Gasteiger partial charge in [0.25, 0.3) is 0 Å². The first kappa shape index (κ1) is 16.7. The third-order valence-corrected chi connectivity index (χ3v) is 4.26. The topological polar surface area (TPSA) is 87.9 Å². The van der Waals surface area contributed by atoms with Gasteiger partial charge in [0.1, 0.15) is 5.75 Å². The van der Waals surface area contributed by atoms with E-state index in [0.717, 1.165) is 0 Å². The van der Waals surface area contributed by atoms with Crippen LogP contribution in [-0.4, -0.2) is 31.4 Å². The van der Waals surface area contributed by atoms with E-state index in [4.69, 9.17) is 19.5 Å². The number of carbonyl (C=O) groups is 1. The van der Waals surface area contributed by atoms with Crippen molar-refractivity contribution >= 4 is 13.6 Å². The number of rotatable bonds is 8. The third kappa shape index (κ3) is 5.33. The number of esters is 1. The van der Waals surface area contributed by atoms with Gasteiger partial charge in [0.2, 0.25) is 0 Å². The average Bonchev–Trinajstić information content (AvgIpc) is 2.40. The van der Waals surface area contributed by atoms with Gasteiger partial charge in [0.05, 0.1) is 12.8 Å². The Morgan fingerprint density at radius 2 is 2.00 bits per heavy atom. The highest BCUT2D eigenvalue weighted by Gasteiger charge is 2.31. The molecule has 2 atom stereocenters. The number of nitrogens with two attached hydrogens (primary N) is 1. The molecule has 6 nitrogen and oxygen atoms in total. The summed E-state index contributed by atoms with van der Waals surface area (Å²) in [7, 11) is -3.50. The summed E-state index contributed by atoms with van der Waals surface area (Å²) in [5, 5.41) is 0. The molecule has 0 bridgehead atoms. The Morgan fingerprint density at radius 3 is 2.55 bits per heavy atom. The molecule has 0 amide bonds. The summed E-state index contributed by atoms with van der Waals surface area (Å²) < 4.78 is 28.0. The van der Waals surface area contributed by atoms with Gasteiger partial charge in [-0.2, -0.15) is 0 Å². The maximum Gasteiger partial charge on any atom is 0.381 e. The molecule has 0 saturated heterocycles. The molecule has 1 aromatic carbocycles. The van der Waals surface area contributed by atoms with E-state index < -0.39 is 19.7 Å². The predicted octanol–water partition coefficient (Wildman–Crippen LogP) is 2.19. The van der Waals surface area contributed by atoms with Crippen LogP contribution in [0.4, 0.5) is 0 Å². The van der Waals surface area contributed by atoms with Crippen LogP contribution in [0.25, 0.3) is 0 Å². The second kappa shape index (κ2) is 8.04. The molecule has 1 aromatic rings. The van der Waals surface area contributed by atoms with Gasteiger partial charge >= 0.3 is 13.6 Å². The second-order valence-electron chi connectivity index (χ2n) is 4.03. The largest absolute Gasteiger partial charge is 0.464 e. The van der Waals surface area contributed by atoms with E-state index in [1.54, 1.807) is 31.2 Å². The Bertz CT molecular complexity index is 465. The van der Waals surface area contributed by atoms with Crippen molar-refractivity contribution in [3.05, 3.63) is 30.3 Å². The van der Waals surface area contributed by atoms with Gasteiger partial charge in [-0.25, -0.2) is 9.36 Å². The summed E-state index contributed by atoms with van der Waals surface area (Å²) >= 11 is 0. The van der Waals surface area contributed by atoms with Crippen molar-refractivity contribution in [2.24, 2.45) is 5.73 Å². The lowest BCUT2D eigenvalue weighted by Crippen LogP contribution is -2.24. The fraction of sp³-hybridized carbons (Fsp3) is 0.462. The third-order valence-electron chi connectivity index (χ3n) is 2.33. The molecule has 0 heterocycles. The Labute approximate surface area is 118 Å². The van der Waals surface area contributed by atoms with Gasteiger partial charge in [-0.05, 0) is 26.0 Å². The minimum Gasteiger partial charge on any atom is -0.464 e.